The van der Waals surface area contributed by atoms with E-state index in [0.717, 1.165) is 28.3 Å². The van der Waals surface area contributed by atoms with Crippen LogP contribution >= 0.6 is 11.8 Å². The highest BCUT2D eigenvalue weighted by atomic mass is 32.2. The van der Waals surface area contributed by atoms with Gasteiger partial charge in [-0.2, -0.15) is 4.98 Å². The first-order valence-corrected chi connectivity index (χ1v) is 10.9. The van der Waals surface area contributed by atoms with Gasteiger partial charge in [-0.25, -0.2) is 0 Å². The van der Waals surface area contributed by atoms with Crippen LogP contribution in [0.2, 0.25) is 0 Å². The van der Waals surface area contributed by atoms with Crippen molar-refractivity contribution < 1.29 is 9.47 Å². The van der Waals surface area contributed by atoms with Crippen molar-refractivity contribution in [1.29, 1.82) is 0 Å². The number of anilines is 1. The summed E-state index contributed by atoms with van der Waals surface area (Å²) in [5, 5.41) is 12.9. The molecule has 1 aliphatic rings. The molecule has 0 saturated carbocycles. The van der Waals surface area contributed by atoms with Crippen LogP contribution in [-0.2, 0) is 5.75 Å². The standard InChI is InChI=1S/C24H20N4O2S/c1-29-18-13-11-17(12-14-18)22-25-20-10-6-5-9-19(20)21-23(30-22)26-24(28-27-21)31-15-16-7-3-2-4-8-16/h2-14,22,25H,15H2,1H3/t22-/m0/s1. The summed E-state index contributed by atoms with van der Waals surface area (Å²) in [5.74, 6) is 2.02. The van der Waals surface area contributed by atoms with Crippen molar-refractivity contribution in [2.45, 2.75) is 17.1 Å². The number of hydrogen-bond donors (Lipinski definition) is 1. The van der Waals surface area contributed by atoms with Crippen LogP contribution in [0.25, 0.3) is 11.3 Å². The maximum atomic E-state index is 6.31. The lowest BCUT2D eigenvalue weighted by Crippen LogP contribution is -2.17. The Kier molecular flexibility index (Phi) is 5.41. The molecule has 1 aliphatic heterocycles. The molecule has 2 heterocycles. The average Bonchev–Trinajstić information content (AvgIpc) is 3.00. The predicted molar refractivity (Wildman–Crippen MR) is 121 cm³/mol. The Balaban J connectivity index is 1.48. The fraction of sp³-hybridized carbons (Fsp3) is 0.125. The van der Waals surface area contributed by atoms with Crippen LogP contribution in [0.5, 0.6) is 11.6 Å². The van der Waals surface area contributed by atoms with E-state index in [0.29, 0.717) is 16.7 Å². The Hall–Kier alpha value is -3.58. The lowest BCUT2D eigenvalue weighted by molar-refractivity contribution is 0.225. The number of hydrogen-bond acceptors (Lipinski definition) is 7. The van der Waals surface area contributed by atoms with Crippen LogP contribution in [-0.4, -0.2) is 22.3 Å². The molecule has 154 valence electrons. The zero-order chi connectivity index (χ0) is 21.0. The fourth-order valence-corrected chi connectivity index (χ4v) is 4.09. The third-order valence-electron chi connectivity index (χ3n) is 4.96. The van der Waals surface area contributed by atoms with Crippen molar-refractivity contribution in [3.63, 3.8) is 0 Å². The number of thioether (sulfide) groups is 1. The molecule has 0 aliphatic carbocycles. The summed E-state index contributed by atoms with van der Waals surface area (Å²) in [5.41, 5.74) is 4.62. The first-order valence-electron chi connectivity index (χ1n) is 9.88. The molecule has 4 aromatic rings. The molecule has 0 fully saturated rings. The van der Waals surface area contributed by atoms with Gasteiger partial charge >= 0.3 is 0 Å². The summed E-state index contributed by atoms with van der Waals surface area (Å²) in [4.78, 5) is 4.70. The number of methoxy groups -OCH3 is 1. The van der Waals surface area contributed by atoms with Crippen LogP contribution in [0.15, 0.2) is 84.0 Å². The molecule has 0 unspecified atom stereocenters. The molecular formula is C24H20N4O2S. The van der Waals surface area contributed by atoms with Crippen molar-refractivity contribution in [2.75, 3.05) is 12.4 Å². The van der Waals surface area contributed by atoms with Gasteiger partial charge in [0.2, 0.25) is 11.0 Å². The van der Waals surface area contributed by atoms with Crippen molar-refractivity contribution in [1.82, 2.24) is 15.2 Å². The zero-order valence-electron chi connectivity index (χ0n) is 16.9. The molecule has 1 aromatic heterocycles. The Morgan fingerprint density at radius 2 is 1.71 bits per heavy atom. The van der Waals surface area contributed by atoms with Gasteiger partial charge in [0.25, 0.3) is 0 Å². The lowest BCUT2D eigenvalue weighted by atomic mass is 10.1. The summed E-state index contributed by atoms with van der Waals surface area (Å²) >= 11 is 1.53. The number of ether oxygens (including phenoxy) is 2. The molecule has 5 rings (SSSR count). The molecule has 0 radical (unpaired) electrons. The fourth-order valence-electron chi connectivity index (χ4n) is 3.36. The Morgan fingerprint density at radius 3 is 2.52 bits per heavy atom. The van der Waals surface area contributed by atoms with E-state index in [2.05, 4.69) is 27.6 Å². The molecule has 31 heavy (non-hydrogen) atoms. The van der Waals surface area contributed by atoms with E-state index in [9.17, 15) is 0 Å². The summed E-state index contributed by atoms with van der Waals surface area (Å²) in [7, 11) is 1.65. The molecule has 0 bridgehead atoms. The van der Waals surface area contributed by atoms with Gasteiger partial charge in [-0.05, 0) is 35.9 Å². The maximum Gasteiger partial charge on any atom is 0.247 e. The Bertz CT molecular complexity index is 1190. The second kappa shape index (κ2) is 8.65. The third-order valence-corrected chi connectivity index (χ3v) is 5.87. The SMILES string of the molecule is COc1ccc([C@H]2Nc3ccccc3-c3nnc(SCc4ccccc4)nc3O2)cc1. The number of fused-ring (bicyclic) bond motifs is 3. The normalized spacial score (nSPS) is 14.4. The van der Waals surface area contributed by atoms with Gasteiger partial charge in [0.1, 0.15) is 5.75 Å². The largest absolute Gasteiger partial charge is 0.497 e. The molecule has 3 aromatic carbocycles. The van der Waals surface area contributed by atoms with Gasteiger partial charge in [0.05, 0.1) is 7.11 Å². The Labute approximate surface area is 184 Å². The predicted octanol–water partition coefficient (Wildman–Crippen LogP) is 5.34. The summed E-state index contributed by atoms with van der Waals surface area (Å²) in [6.07, 6.45) is -0.419. The van der Waals surface area contributed by atoms with Crippen molar-refractivity contribution in [3.05, 3.63) is 90.0 Å². The summed E-state index contributed by atoms with van der Waals surface area (Å²) < 4.78 is 11.6. The van der Waals surface area contributed by atoms with Crippen LogP contribution < -0.4 is 14.8 Å². The second-order valence-corrected chi connectivity index (χ2v) is 7.93. The van der Waals surface area contributed by atoms with Gasteiger partial charge in [-0.15, -0.1) is 10.2 Å². The number of benzene rings is 3. The van der Waals surface area contributed by atoms with Crippen LogP contribution in [0.4, 0.5) is 5.69 Å². The minimum atomic E-state index is -0.419. The molecular weight excluding hydrogens is 408 g/mol. The molecule has 0 saturated heterocycles. The monoisotopic (exact) mass is 428 g/mol. The van der Waals surface area contributed by atoms with Crippen molar-refractivity contribution >= 4 is 17.4 Å². The second-order valence-electron chi connectivity index (χ2n) is 6.98. The van der Waals surface area contributed by atoms with E-state index < -0.39 is 6.23 Å². The molecule has 1 atom stereocenters. The van der Waals surface area contributed by atoms with E-state index in [1.807, 2.05) is 66.7 Å². The van der Waals surface area contributed by atoms with Crippen LogP contribution in [0.3, 0.4) is 0 Å². The van der Waals surface area contributed by atoms with E-state index in [-0.39, 0.29) is 0 Å². The number of nitrogens with one attached hydrogen (secondary N) is 1. The smallest absolute Gasteiger partial charge is 0.247 e. The molecule has 6 nitrogen and oxygen atoms in total. The highest BCUT2D eigenvalue weighted by Gasteiger charge is 2.26. The number of para-hydroxylation sites is 1. The average molecular weight is 429 g/mol. The van der Waals surface area contributed by atoms with Gasteiger partial charge in [0.15, 0.2) is 11.9 Å². The first kappa shape index (κ1) is 19.4. The minimum Gasteiger partial charge on any atom is -0.497 e. The van der Waals surface area contributed by atoms with Crippen molar-refractivity contribution in [2.24, 2.45) is 0 Å². The van der Waals surface area contributed by atoms with Gasteiger partial charge in [-0.1, -0.05) is 60.3 Å². The lowest BCUT2D eigenvalue weighted by Gasteiger charge is -2.19. The van der Waals surface area contributed by atoms with E-state index in [1.54, 1.807) is 7.11 Å². The van der Waals surface area contributed by atoms with Crippen molar-refractivity contribution in [3.8, 4) is 22.9 Å². The molecule has 7 heteroatoms. The topological polar surface area (TPSA) is 69.2 Å². The van der Waals surface area contributed by atoms with E-state index in [1.165, 1.54) is 17.3 Å². The summed E-state index contributed by atoms with van der Waals surface area (Å²) in [6, 6.07) is 26.0. The van der Waals surface area contributed by atoms with Crippen LogP contribution in [0.1, 0.15) is 17.4 Å². The maximum absolute atomic E-state index is 6.31. The van der Waals surface area contributed by atoms with E-state index >= 15 is 0 Å². The molecule has 0 amide bonds. The zero-order valence-corrected chi connectivity index (χ0v) is 17.7. The van der Waals surface area contributed by atoms with E-state index in [4.69, 9.17) is 14.5 Å². The first-order chi connectivity index (χ1) is 15.3. The van der Waals surface area contributed by atoms with Crippen LogP contribution in [0, 0.1) is 0 Å². The minimum absolute atomic E-state index is 0.419. The van der Waals surface area contributed by atoms with Gasteiger partial charge in [0, 0.05) is 22.6 Å². The number of rotatable bonds is 5. The quantitative estimate of drug-likeness (QED) is 0.430. The van der Waals surface area contributed by atoms with Gasteiger partial charge < -0.3 is 14.8 Å². The highest BCUT2D eigenvalue weighted by molar-refractivity contribution is 7.98. The number of aromatic nitrogens is 3. The third kappa shape index (κ3) is 4.18. The highest BCUT2D eigenvalue weighted by Crippen LogP contribution is 2.39. The van der Waals surface area contributed by atoms with Gasteiger partial charge in [-0.3, -0.25) is 0 Å². The summed E-state index contributed by atoms with van der Waals surface area (Å²) in [6.45, 7) is 0. The Morgan fingerprint density at radius 1 is 0.935 bits per heavy atom. The number of nitrogens with zero attached hydrogens (tertiary/aromatic N) is 3. The molecule has 0 spiro atoms. The molecule has 1 N–H and O–H groups in total.